The molecule has 3 heterocycles. The molecule has 0 unspecified atom stereocenters. The van der Waals surface area contributed by atoms with Crippen molar-refractivity contribution in [1.82, 2.24) is 25.3 Å². The molecule has 1 atom stereocenters. The number of hydrogen-bond acceptors (Lipinski definition) is 5. The van der Waals surface area contributed by atoms with Gasteiger partial charge >= 0.3 is 6.03 Å². The SMILES string of the molecule is CC#CCOc1ccc2c(c1)C(=O)N(C[C@@]1(c3ccc(-c4ccc5nn(C(C)C)cc5c4)cc3)NC(=O)NC1=O)C2. The summed E-state index contributed by atoms with van der Waals surface area (Å²) in [5, 5.41) is 10.8. The highest BCUT2D eigenvalue weighted by atomic mass is 16.5. The molecular weight excluding hydrogens is 518 g/mol. The third-order valence-corrected chi connectivity index (χ3v) is 7.58. The predicted octanol–water partition coefficient (Wildman–Crippen LogP) is 4.38. The minimum atomic E-state index is -1.42. The zero-order valence-corrected chi connectivity index (χ0v) is 23.0. The number of fused-ring (bicyclic) bond motifs is 2. The lowest BCUT2D eigenvalue weighted by Gasteiger charge is -2.31. The number of imide groups is 1. The van der Waals surface area contributed by atoms with Crippen molar-refractivity contribution in [2.75, 3.05) is 13.2 Å². The van der Waals surface area contributed by atoms with Crippen LogP contribution in [0.2, 0.25) is 0 Å². The van der Waals surface area contributed by atoms with Gasteiger partial charge in [0.05, 0.1) is 12.1 Å². The van der Waals surface area contributed by atoms with Crippen LogP contribution in [-0.2, 0) is 16.9 Å². The monoisotopic (exact) mass is 547 g/mol. The van der Waals surface area contributed by atoms with Gasteiger partial charge in [0.15, 0.2) is 5.54 Å². The summed E-state index contributed by atoms with van der Waals surface area (Å²) in [4.78, 5) is 40.6. The first-order valence-corrected chi connectivity index (χ1v) is 13.5. The third-order valence-electron chi connectivity index (χ3n) is 7.58. The normalized spacial score (nSPS) is 17.9. The standard InChI is InChI=1S/C32H29N5O4/c1-4-5-14-41-26-12-8-23-17-36(29(38)27(23)16-26)19-32(30(39)33-31(40)34-32)25-10-6-21(7-11-25)22-9-13-28-24(15-22)18-37(35-28)20(2)3/h6-13,15-16,18,20H,14,17,19H2,1-3H3,(H2,33,34,39,40)/t32-/m0/s1. The molecule has 41 heavy (non-hydrogen) atoms. The molecule has 3 aromatic carbocycles. The van der Waals surface area contributed by atoms with Crippen molar-refractivity contribution in [3.63, 3.8) is 0 Å². The summed E-state index contributed by atoms with van der Waals surface area (Å²) in [5.41, 5.74) is 3.39. The largest absolute Gasteiger partial charge is 0.481 e. The second-order valence-corrected chi connectivity index (χ2v) is 10.6. The number of rotatable bonds is 7. The zero-order valence-electron chi connectivity index (χ0n) is 23.0. The summed E-state index contributed by atoms with van der Waals surface area (Å²) < 4.78 is 7.56. The topological polar surface area (TPSA) is 106 Å². The molecule has 9 heteroatoms. The van der Waals surface area contributed by atoms with Crippen molar-refractivity contribution in [3.05, 3.63) is 83.6 Å². The summed E-state index contributed by atoms with van der Waals surface area (Å²) in [7, 11) is 0. The van der Waals surface area contributed by atoms with Gasteiger partial charge < -0.3 is 15.0 Å². The molecule has 0 radical (unpaired) electrons. The van der Waals surface area contributed by atoms with Gasteiger partial charge in [-0.1, -0.05) is 42.3 Å². The van der Waals surface area contributed by atoms with E-state index in [1.54, 1.807) is 24.0 Å². The second-order valence-electron chi connectivity index (χ2n) is 10.6. The Kier molecular flexibility index (Phi) is 6.46. The van der Waals surface area contributed by atoms with E-state index < -0.39 is 17.5 Å². The second kappa shape index (κ2) is 10.1. The van der Waals surface area contributed by atoms with Gasteiger partial charge in [-0.25, -0.2) is 4.79 Å². The number of carbonyl (C=O) groups excluding carboxylic acids is 3. The minimum absolute atomic E-state index is 0.0186. The van der Waals surface area contributed by atoms with Crippen molar-refractivity contribution in [2.45, 2.75) is 38.9 Å². The molecule has 206 valence electrons. The smallest absolute Gasteiger partial charge is 0.322 e. The van der Waals surface area contributed by atoms with Gasteiger partial charge in [-0.2, -0.15) is 5.10 Å². The number of benzene rings is 3. The Morgan fingerprint density at radius 3 is 2.51 bits per heavy atom. The highest BCUT2D eigenvalue weighted by molar-refractivity contribution is 6.08. The van der Waals surface area contributed by atoms with Crippen LogP contribution in [0.15, 0.2) is 66.9 Å². The zero-order chi connectivity index (χ0) is 28.7. The number of amides is 4. The average Bonchev–Trinajstić information content (AvgIpc) is 3.62. The summed E-state index contributed by atoms with van der Waals surface area (Å²) >= 11 is 0. The molecular formula is C32H29N5O4. The highest BCUT2D eigenvalue weighted by Gasteiger charge is 2.50. The van der Waals surface area contributed by atoms with Crippen LogP contribution in [0.4, 0.5) is 4.79 Å². The Balaban J connectivity index is 1.27. The molecule has 4 aromatic rings. The molecule has 2 N–H and O–H groups in total. The molecule has 2 aliphatic rings. The molecule has 6 rings (SSSR count). The first-order chi connectivity index (χ1) is 19.8. The van der Waals surface area contributed by atoms with E-state index in [2.05, 4.69) is 47.5 Å². The average molecular weight is 548 g/mol. The van der Waals surface area contributed by atoms with E-state index in [0.717, 1.165) is 27.6 Å². The van der Waals surface area contributed by atoms with E-state index in [9.17, 15) is 14.4 Å². The Hall–Kier alpha value is -5.10. The van der Waals surface area contributed by atoms with Crippen molar-refractivity contribution in [3.8, 4) is 28.7 Å². The van der Waals surface area contributed by atoms with Gasteiger partial charge in [-0.05, 0) is 67.3 Å². The van der Waals surface area contributed by atoms with Gasteiger partial charge in [0, 0.05) is 29.7 Å². The number of hydrogen-bond donors (Lipinski definition) is 2. The Labute approximate surface area is 237 Å². The van der Waals surface area contributed by atoms with E-state index in [1.807, 2.05) is 53.3 Å². The number of aromatic nitrogens is 2. The molecule has 0 bridgehead atoms. The lowest BCUT2D eigenvalue weighted by Crippen LogP contribution is -2.52. The number of nitrogens with one attached hydrogen (secondary N) is 2. The molecule has 4 amide bonds. The first kappa shape index (κ1) is 26.1. The molecule has 0 aliphatic carbocycles. The maximum absolute atomic E-state index is 13.4. The van der Waals surface area contributed by atoms with Crippen LogP contribution in [0.25, 0.3) is 22.0 Å². The maximum atomic E-state index is 13.4. The Morgan fingerprint density at radius 2 is 1.80 bits per heavy atom. The summed E-state index contributed by atoms with van der Waals surface area (Å²) in [5.74, 6) is 5.43. The highest BCUT2D eigenvalue weighted by Crippen LogP contribution is 2.34. The van der Waals surface area contributed by atoms with Gasteiger partial charge in [-0.15, -0.1) is 5.92 Å². The van der Waals surface area contributed by atoms with Crippen LogP contribution in [0.3, 0.4) is 0 Å². The van der Waals surface area contributed by atoms with Crippen LogP contribution >= 0.6 is 0 Å². The summed E-state index contributed by atoms with van der Waals surface area (Å²) in [6.07, 6.45) is 2.03. The van der Waals surface area contributed by atoms with Crippen molar-refractivity contribution < 1.29 is 19.1 Å². The predicted molar refractivity (Wildman–Crippen MR) is 154 cm³/mol. The van der Waals surface area contributed by atoms with Gasteiger partial charge in [0.25, 0.3) is 11.8 Å². The van der Waals surface area contributed by atoms with E-state index >= 15 is 0 Å². The van der Waals surface area contributed by atoms with Crippen molar-refractivity contribution >= 4 is 28.7 Å². The maximum Gasteiger partial charge on any atom is 0.322 e. The van der Waals surface area contributed by atoms with Crippen LogP contribution in [0.5, 0.6) is 5.75 Å². The Morgan fingerprint density at radius 1 is 1.02 bits per heavy atom. The van der Waals surface area contributed by atoms with Gasteiger partial charge in [-0.3, -0.25) is 19.6 Å². The molecule has 9 nitrogen and oxygen atoms in total. The fourth-order valence-electron chi connectivity index (χ4n) is 5.37. The van der Waals surface area contributed by atoms with Gasteiger partial charge in [0.2, 0.25) is 0 Å². The van der Waals surface area contributed by atoms with Crippen LogP contribution in [0.1, 0.15) is 48.3 Å². The van der Waals surface area contributed by atoms with E-state index in [-0.39, 0.29) is 25.1 Å². The summed E-state index contributed by atoms with van der Waals surface area (Å²) in [6.45, 7) is 6.43. The lowest BCUT2D eigenvalue weighted by atomic mass is 9.88. The molecule has 1 saturated heterocycles. The Bertz CT molecular complexity index is 1760. The van der Waals surface area contributed by atoms with E-state index in [4.69, 9.17) is 4.74 Å². The van der Waals surface area contributed by atoms with E-state index in [1.165, 1.54) is 0 Å². The van der Waals surface area contributed by atoms with Crippen molar-refractivity contribution in [1.29, 1.82) is 0 Å². The summed E-state index contributed by atoms with van der Waals surface area (Å²) in [6, 6.07) is 18.6. The van der Waals surface area contributed by atoms with Gasteiger partial charge in [0.1, 0.15) is 12.4 Å². The molecule has 2 aliphatic heterocycles. The molecule has 1 aromatic heterocycles. The molecule has 0 saturated carbocycles. The molecule has 1 fully saturated rings. The number of ether oxygens (including phenoxy) is 1. The van der Waals surface area contributed by atoms with Crippen LogP contribution in [-0.4, -0.2) is 45.7 Å². The fourth-order valence-corrected chi connectivity index (χ4v) is 5.37. The number of carbonyl (C=O) groups is 3. The minimum Gasteiger partial charge on any atom is -0.481 e. The fraction of sp³-hybridized carbons (Fsp3) is 0.250. The molecule has 0 spiro atoms. The third kappa shape index (κ3) is 4.67. The van der Waals surface area contributed by atoms with Crippen LogP contribution < -0.4 is 15.4 Å². The lowest BCUT2D eigenvalue weighted by molar-refractivity contribution is -0.124. The van der Waals surface area contributed by atoms with Crippen LogP contribution in [0, 0.1) is 11.8 Å². The van der Waals surface area contributed by atoms with E-state index in [0.29, 0.717) is 23.4 Å². The number of nitrogens with zero attached hydrogens (tertiary/aromatic N) is 3. The first-order valence-electron chi connectivity index (χ1n) is 13.5. The quantitative estimate of drug-likeness (QED) is 0.264. The van der Waals surface area contributed by atoms with Crippen molar-refractivity contribution in [2.24, 2.45) is 0 Å². The number of urea groups is 1.